The molecule has 1 aliphatic carbocycles. The smallest absolute Gasteiger partial charge is 0.229 e. The van der Waals surface area contributed by atoms with Crippen LogP contribution in [-0.4, -0.2) is 28.0 Å². The molecule has 5 heteroatoms. The van der Waals surface area contributed by atoms with Crippen molar-refractivity contribution in [3.63, 3.8) is 0 Å². The molecule has 0 amide bonds. The molecule has 2 aromatic carbocycles. The number of nitrogens with one attached hydrogen (secondary N) is 2. The monoisotopic (exact) mass is 367 g/mol. The Morgan fingerprint density at radius 2 is 1.96 bits per heavy atom. The van der Waals surface area contributed by atoms with Gasteiger partial charge in [0.05, 0.1) is 0 Å². The van der Waals surface area contributed by atoms with Crippen LogP contribution in [-0.2, 0) is 0 Å². The van der Waals surface area contributed by atoms with Crippen LogP contribution in [0.25, 0.3) is 27.9 Å². The molecule has 2 N–H and O–H groups in total. The summed E-state index contributed by atoms with van der Waals surface area (Å²) in [5.41, 5.74) is 4.39. The number of fused-ring (bicyclic) bond motifs is 4. The van der Waals surface area contributed by atoms with Gasteiger partial charge in [-0.25, -0.2) is 4.98 Å². The van der Waals surface area contributed by atoms with E-state index in [1.807, 2.05) is 6.20 Å². The first-order chi connectivity index (χ1) is 13.8. The van der Waals surface area contributed by atoms with Gasteiger partial charge in [-0.2, -0.15) is 4.98 Å². The number of anilines is 3. The molecule has 2 aliphatic rings. The van der Waals surface area contributed by atoms with Crippen molar-refractivity contribution in [2.45, 2.75) is 12.8 Å². The Bertz CT molecular complexity index is 1220. The van der Waals surface area contributed by atoms with Crippen LogP contribution in [0.1, 0.15) is 18.4 Å². The highest BCUT2D eigenvalue weighted by Gasteiger charge is 2.26. The van der Waals surface area contributed by atoms with Crippen molar-refractivity contribution >= 4 is 45.3 Å². The Hall–Kier alpha value is -3.34. The van der Waals surface area contributed by atoms with Crippen LogP contribution in [0.5, 0.6) is 0 Å². The Labute approximate surface area is 163 Å². The zero-order valence-electron chi connectivity index (χ0n) is 15.5. The number of hydrogen-bond acceptors (Lipinski definition) is 4. The fraction of sp³-hybridized carbons (Fsp3) is 0.217. The third-order valence-corrected chi connectivity index (χ3v) is 5.66. The van der Waals surface area contributed by atoms with Crippen molar-refractivity contribution in [2.24, 2.45) is 5.92 Å². The van der Waals surface area contributed by atoms with Gasteiger partial charge in [0.1, 0.15) is 5.82 Å². The molecular weight excluding hydrogens is 346 g/mol. The number of aromatic amines is 1. The molecule has 4 aromatic rings. The molecule has 0 unspecified atom stereocenters. The minimum absolute atomic E-state index is 0.647. The van der Waals surface area contributed by atoms with Gasteiger partial charge in [0.15, 0.2) is 0 Å². The van der Waals surface area contributed by atoms with Crippen molar-refractivity contribution < 1.29 is 0 Å². The van der Waals surface area contributed by atoms with E-state index < -0.39 is 0 Å². The molecule has 3 heterocycles. The minimum atomic E-state index is 0.647. The average molecular weight is 367 g/mol. The zero-order chi connectivity index (χ0) is 18.5. The second-order valence-electron chi connectivity index (χ2n) is 7.78. The SMILES string of the molecule is C1=Cc2cnc(Nc3ccc4[nH]c5ccccc5c4c3)nc2N(CC2CC2)C1. The highest BCUT2D eigenvalue weighted by Crippen LogP contribution is 2.34. The van der Waals surface area contributed by atoms with Gasteiger partial charge < -0.3 is 15.2 Å². The second kappa shape index (κ2) is 6.09. The van der Waals surface area contributed by atoms with Gasteiger partial charge in [0, 0.05) is 52.3 Å². The van der Waals surface area contributed by atoms with Crippen molar-refractivity contribution in [2.75, 3.05) is 23.3 Å². The Morgan fingerprint density at radius 1 is 1.07 bits per heavy atom. The quantitative estimate of drug-likeness (QED) is 0.527. The van der Waals surface area contributed by atoms with Crippen molar-refractivity contribution in [3.05, 3.63) is 60.3 Å². The highest BCUT2D eigenvalue weighted by atomic mass is 15.2. The number of benzene rings is 2. The lowest BCUT2D eigenvalue weighted by Gasteiger charge is -2.27. The van der Waals surface area contributed by atoms with Crippen LogP contribution in [0.2, 0.25) is 0 Å². The van der Waals surface area contributed by atoms with Gasteiger partial charge >= 0.3 is 0 Å². The maximum absolute atomic E-state index is 4.85. The first-order valence-electron chi connectivity index (χ1n) is 9.89. The van der Waals surface area contributed by atoms with E-state index >= 15 is 0 Å². The summed E-state index contributed by atoms with van der Waals surface area (Å²) >= 11 is 0. The number of hydrogen-bond donors (Lipinski definition) is 2. The lowest BCUT2D eigenvalue weighted by Crippen LogP contribution is -2.29. The topological polar surface area (TPSA) is 56.8 Å². The van der Waals surface area contributed by atoms with Crippen LogP contribution in [0.3, 0.4) is 0 Å². The van der Waals surface area contributed by atoms with E-state index in [0.29, 0.717) is 5.95 Å². The third kappa shape index (κ3) is 2.71. The van der Waals surface area contributed by atoms with Gasteiger partial charge in [-0.15, -0.1) is 0 Å². The van der Waals surface area contributed by atoms with Crippen LogP contribution in [0.4, 0.5) is 17.5 Å². The maximum Gasteiger partial charge on any atom is 0.229 e. The largest absolute Gasteiger partial charge is 0.355 e. The first kappa shape index (κ1) is 15.7. The molecule has 2 aromatic heterocycles. The molecule has 0 spiro atoms. The van der Waals surface area contributed by atoms with Gasteiger partial charge in [0.25, 0.3) is 0 Å². The zero-order valence-corrected chi connectivity index (χ0v) is 15.5. The van der Waals surface area contributed by atoms with Crippen molar-refractivity contribution in [3.8, 4) is 0 Å². The van der Waals surface area contributed by atoms with Gasteiger partial charge in [0.2, 0.25) is 5.95 Å². The molecular formula is C23H21N5. The van der Waals surface area contributed by atoms with Gasteiger partial charge in [-0.1, -0.05) is 30.4 Å². The standard InChI is InChI=1S/C23H21N5/c1-2-6-20-18(5-1)19-12-17(9-10-21(19)26-20)25-23-24-13-16-4-3-11-28(22(16)27-23)14-15-7-8-15/h1-6,9-10,12-13,15,26H,7-8,11,14H2,(H,24,25,27). The summed E-state index contributed by atoms with van der Waals surface area (Å²) in [5, 5.41) is 5.84. The number of nitrogens with zero attached hydrogens (tertiary/aromatic N) is 3. The van der Waals surface area contributed by atoms with E-state index in [9.17, 15) is 0 Å². The van der Waals surface area contributed by atoms with E-state index in [-0.39, 0.29) is 0 Å². The molecule has 0 atom stereocenters. The Morgan fingerprint density at radius 3 is 2.89 bits per heavy atom. The van der Waals surface area contributed by atoms with E-state index in [0.717, 1.165) is 47.1 Å². The number of para-hydroxylation sites is 1. The Balaban J connectivity index is 1.34. The average Bonchev–Trinajstić information content (AvgIpc) is 3.47. The number of rotatable bonds is 4. The molecule has 0 bridgehead atoms. The Kier molecular flexibility index (Phi) is 3.41. The summed E-state index contributed by atoms with van der Waals surface area (Å²) < 4.78 is 0. The normalized spacial score (nSPS) is 15.9. The molecule has 0 radical (unpaired) electrons. The van der Waals surface area contributed by atoms with Gasteiger partial charge in [-0.05, 0) is 43.0 Å². The highest BCUT2D eigenvalue weighted by molar-refractivity contribution is 6.08. The van der Waals surface area contributed by atoms with Crippen LogP contribution in [0.15, 0.2) is 54.7 Å². The van der Waals surface area contributed by atoms with E-state index in [4.69, 9.17) is 4.98 Å². The van der Waals surface area contributed by atoms with Crippen LogP contribution >= 0.6 is 0 Å². The van der Waals surface area contributed by atoms with Crippen LogP contribution < -0.4 is 10.2 Å². The second-order valence-corrected chi connectivity index (χ2v) is 7.78. The summed E-state index contributed by atoms with van der Waals surface area (Å²) in [7, 11) is 0. The lowest BCUT2D eigenvalue weighted by molar-refractivity contribution is 0.745. The molecule has 28 heavy (non-hydrogen) atoms. The van der Waals surface area contributed by atoms with E-state index in [1.54, 1.807) is 0 Å². The van der Waals surface area contributed by atoms with Crippen LogP contribution in [0, 0.1) is 5.92 Å². The summed E-state index contributed by atoms with van der Waals surface area (Å²) in [4.78, 5) is 15.2. The van der Waals surface area contributed by atoms with E-state index in [2.05, 4.69) is 74.8 Å². The minimum Gasteiger partial charge on any atom is -0.355 e. The molecule has 1 fully saturated rings. The fourth-order valence-corrected chi connectivity index (χ4v) is 4.03. The predicted molar refractivity (Wildman–Crippen MR) is 115 cm³/mol. The molecule has 6 rings (SSSR count). The summed E-state index contributed by atoms with van der Waals surface area (Å²) in [6.07, 6.45) is 8.93. The molecule has 138 valence electrons. The molecule has 1 aliphatic heterocycles. The molecule has 5 nitrogen and oxygen atoms in total. The maximum atomic E-state index is 4.85. The van der Waals surface area contributed by atoms with Gasteiger partial charge in [-0.3, -0.25) is 0 Å². The molecule has 1 saturated carbocycles. The van der Waals surface area contributed by atoms with E-state index in [1.165, 1.54) is 23.6 Å². The first-order valence-corrected chi connectivity index (χ1v) is 9.89. The van der Waals surface area contributed by atoms with Crippen molar-refractivity contribution in [1.29, 1.82) is 0 Å². The lowest BCUT2D eigenvalue weighted by atomic mass is 10.1. The summed E-state index contributed by atoms with van der Waals surface area (Å²) in [6, 6.07) is 14.7. The van der Waals surface area contributed by atoms with Crippen molar-refractivity contribution in [1.82, 2.24) is 15.0 Å². The molecule has 0 saturated heterocycles. The number of H-pyrrole nitrogens is 1. The summed E-state index contributed by atoms with van der Waals surface area (Å²) in [5.74, 6) is 2.52. The fourth-order valence-electron chi connectivity index (χ4n) is 4.03. The third-order valence-electron chi connectivity index (χ3n) is 5.66. The number of aromatic nitrogens is 3. The summed E-state index contributed by atoms with van der Waals surface area (Å²) in [6.45, 7) is 2.02. The predicted octanol–water partition coefficient (Wildman–Crippen LogP) is 5.10.